The van der Waals surface area contributed by atoms with Gasteiger partial charge in [-0.15, -0.1) is 5.10 Å². The van der Waals surface area contributed by atoms with Gasteiger partial charge in [-0.2, -0.15) is 0 Å². The fraction of sp³-hybridized carbons (Fsp3) is 0. The summed E-state index contributed by atoms with van der Waals surface area (Å²) in [5.41, 5.74) is 8.11. The van der Waals surface area contributed by atoms with E-state index in [9.17, 15) is 0 Å². The average Bonchev–Trinajstić information content (AvgIpc) is 2.93. The quantitative estimate of drug-likeness (QED) is 0.707. The second kappa shape index (κ2) is 4.21. The van der Waals surface area contributed by atoms with E-state index in [1.165, 1.54) is 6.33 Å². The molecule has 2 heterocycles. The van der Waals surface area contributed by atoms with Gasteiger partial charge in [-0.1, -0.05) is 12.1 Å². The van der Waals surface area contributed by atoms with Crippen molar-refractivity contribution in [1.29, 1.82) is 0 Å². The zero-order valence-electron chi connectivity index (χ0n) is 9.30. The first kappa shape index (κ1) is 10.3. The van der Waals surface area contributed by atoms with Crippen molar-refractivity contribution in [3.05, 3.63) is 42.9 Å². The lowest BCUT2D eigenvalue weighted by atomic mass is 10.1. The van der Waals surface area contributed by atoms with Crippen molar-refractivity contribution >= 4 is 5.95 Å². The van der Waals surface area contributed by atoms with E-state index in [-0.39, 0.29) is 5.95 Å². The maximum absolute atomic E-state index is 5.57. The van der Waals surface area contributed by atoms with E-state index >= 15 is 0 Å². The normalized spacial score (nSPS) is 10.4. The van der Waals surface area contributed by atoms with Crippen LogP contribution in [-0.4, -0.2) is 30.2 Å². The number of nitrogen functional groups attached to an aromatic ring is 1. The Morgan fingerprint density at radius 3 is 2.89 bits per heavy atom. The first-order chi connectivity index (χ1) is 8.83. The third-order valence-corrected chi connectivity index (χ3v) is 2.43. The van der Waals surface area contributed by atoms with Gasteiger partial charge in [0.05, 0.1) is 11.4 Å². The van der Waals surface area contributed by atoms with Crippen molar-refractivity contribution in [2.75, 3.05) is 5.73 Å². The van der Waals surface area contributed by atoms with Crippen LogP contribution in [0.5, 0.6) is 0 Å². The molecule has 7 nitrogen and oxygen atoms in total. The standard InChI is InChI=1S/C11H9N7/c12-11-13-5-4-10(15-11)8-2-1-3-9(6-8)18-7-14-16-17-18/h1-7H,(H2,12,13,15). The van der Waals surface area contributed by atoms with Gasteiger partial charge in [-0.25, -0.2) is 14.6 Å². The lowest BCUT2D eigenvalue weighted by molar-refractivity contribution is 0.789. The Morgan fingerprint density at radius 2 is 2.11 bits per heavy atom. The number of hydrogen-bond acceptors (Lipinski definition) is 6. The molecule has 3 aromatic rings. The molecule has 88 valence electrons. The minimum absolute atomic E-state index is 0.250. The van der Waals surface area contributed by atoms with Crippen LogP contribution >= 0.6 is 0 Å². The highest BCUT2D eigenvalue weighted by atomic mass is 15.5. The monoisotopic (exact) mass is 239 g/mol. The molecule has 0 atom stereocenters. The molecule has 0 bridgehead atoms. The van der Waals surface area contributed by atoms with Crippen LogP contribution in [-0.2, 0) is 0 Å². The van der Waals surface area contributed by atoms with Crippen molar-refractivity contribution in [2.24, 2.45) is 0 Å². The van der Waals surface area contributed by atoms with E-state index in [1.807, 2.05) is 24.3 Å². The summed E-state index contributed by atoms with van der Waals surface area (Å²) in [6.07, 6.45) is 3.16. The van der Waals surface area contributed by atoms with Crippen LogP contribution in [0.3, 0.4) is 0 Å². The summed E-state index contributed by atoms with van der Waals surface area (Å²) in [5.74, 6) is 0.250. The second-order valence-electron chi connectivity index (χ2n) is 3.60. The van der Waals surface area contributed by atoms with E-state index in [4.69, 9.17) is 5.73 Å². The summed E-state index contributed by atoms with van der Waals surface area (Å²) < 4.78 is 1.58. The zero-order chi connectivity index (χ0) is 12.4. The molecular weight excluding hydrogens is 230 g/mol. The molecule has 0 amide bonds. The van der Waals surface area contributed by atoms with Crippen LogP contribution in [0.15, 0.2) is 42.9 Å². The third-order valence-electron chi connectivity index (χ3n) is 2.43. The zero-order valence-corrected chi connectivity index (χ0v) is 9.30. The third kappa shape index (κ3) is 1.88. The minimum Gasteiger partial charge on any atom is -0.368 e. The molecule has 1 aromatic carbocycles. The molecule has 0 fully saturated rings. The molecule has 0 spiro atoms. The van der Waals surface area contributed by atoms with Crippen LogP contribution in [0.4, 0.5) is 5.95 Å². The van der Waals surface area contributed by atoms with Gasteiger partial charge in [-0.05, 0) is 28.6 Å². The highest BCUT2D eigenvalue weighted by molar-refractivity contribution is 5.62. The van der Waals surface area contributed by atoms with Crippen LogP contribution in [0, 0.1) is 0 Å². The Balaban J connectivity index is 2.06. The van der Waals surface area contributed by atoms with Gasteiger partial charge in [0.2, 0.25) is 5.95 Å². The van der Waals surface area contributed by atoms with E-state index in [0.717, 1.165) is 16.9 Å². The number of aromatic nitrogens is 6. The van der Waals surface area contributed by atoms with Gasteiger partial charge in [0.25, 0.3) is 0 Å². The Bertz CT molecular complexity index is 663. The molecule has 0 saturated heterocycles. The van der Waals surface area contributed by atoms with Crippen molar-refractivity contribution in [2.45, 2.75) is 0 Å². The number of nitrogens with zero attached hydrogens (tertiary/aromatic N) is 6. The van der Waals surface area contributed by atoms with Gasteiger partial charge in [0.1, 0.15) is 6.33 Å². The molecule has 0 unspecified atom stereocenters. The molecule has 18 heavy (non-hydrogen) atoms. The van der Waals surface area contributed by atoms with Crippen LogP contribution in [0.1, 0.15) is 0 Å². The minimum atomic E-state index is 0.250. The summed E-state index contributed by atoms with van der Waals surface area (Å²) in [6.45, 7) is 0. The van der Waals surface area contributed by atoms with Gasteiger partial charge in [-0.3, -0.25) is 0 Å². The smallest absolute Gasteiger partial charge is 0.220 e. The first-order valence-electron chi connectivity index (χ1n) is 5.25. The Kier molecular flexibility index (Phi) is 2.41. The maximum atomic E-state index is 5.57. The molecule has 0 aliphatic carbocycles. The fourth-order valence-electron chi connectivity index (χ4n) is 1.62. The summed E-state index contributed by atoms with van der Waals surface area (Å²) in [4.78, 5) is 8.04. The van der Waals surface area contributed by atoms with Gasteiger partial charge in [0, 0.05) is 11.8 Å². The largest absolute Gasteiger partial charge is 0.368 e. The number of nitrogens with two attached hydrogens (primary N) is 1. The van der Waals surface area contributed by atoms with Gasteiger partial charge >= 0.3 is 0 Å². The first-order valence-corrected chi connectivity index (χ1v) is 5.25. The van der Waals surface area contributed by atoms with Crippen LogP contribution in [0.2, 0.25) is 0 Å². The Labute approximate surface area is 102 Å². The van der Waals surface area contributed by atoms with Gasteiger partial charge < -0.3 is 5.73 Å². The number of tetrazole rings is 1. The van der Waals surface area contributed by atoms with Crippen LogP contribution < -0.4 is 5.73 Å². The molecule has 0 aliphatic rings. The molecule has 2 N–H and O–H groups in total. The number of benzene rings is 1. The summed E-state index contributed by atoms with van der Waals surface area (Å²) in [6, 6.07) is 9.48. The van der Waals surface area contributed by atoms with Crippen molar-refractivity contribution in [3.63, 3.8) is 0 Å². The SMILES string of the molecule is Nc1nccc(-c2cccc(-n3cnnn3)c2)n1. The molecular formula is C11H9N7. The second-order valence-corrected chi connectivity index (χ2v) is 3.60. The average molecular weight is 239 g/mol. The molecule has 2 aromatic heterocycles. The van der Waals surface area contributed by atoms with Crippen molar-refractivity contribution in [3.8, 4) is 16.9 Å². The van der Waals surface area contributed by atoms with Crippen LogP contribution in [0.25, 0.3) is 16.9 Å². The highest BCUT2D eigenvalue weighted by Gasteiger charge is 2.03. The maximum Gasteiger partial charge on any atom is 0.220 e. The molecule has 0 aliphatic heterocycles. The predicted octanol–water partition coefficient (Wildman–Crippen LogP) is 0.701. The van der Waals surface area contributed by atoms with E-state index in [0.29, 0.717) is 0 Å². The molecule has 0 saturated carbocycles. The lowest BCUT2D eigenvalue weighted by Gasteiger charge is -2.04. The Hall–Kier alpha value is -2.83. The summed E-state index contributed by atoms with van der Waals surface area (Å²) >= 11 is 0. The predicted molar refractivity (Wildman–Crippen MR) is 64.6 cm³/mol. The Morgan fingerprint density at radius 1 is 1.17 bits per heavy atom. The molecule has 7 heteroatoms. The lowest BCUT2D eigenvalue weighted by Crippen LogP contribution is -1.97. The van der Waals surface area contributed by atoms with E-state index in [1.54, 1.807) is 16.9 Å². The van der Waals surface area contributed by atoms with E-state index < -0.39 is 0 Å². The summed E-state index contributed by atoms with van der Waals surface area (Å²) in [7, 11) is 0. The molecule has 3 rings (SSSR count). The van der Waals surface area contributed by atoms with E-state index in [2.05, 4.69) is 25.5 Å². The molecule has 0 radical (unpaired) electrons. The topological polar surface area (TPSA) is 95.4 Å². The highest BCUT2D eigenvalue weighted by Crippen LogP contribution is 2.19. The van der Waals surface area contributed by atoms with Gasteiger partial charge in [0.15, 0.2) is 0 Å². The number of anilines is 1. The van der Waals surface area contributed by atoms with Crippen molar-refractivity contribution in [1.82, 2.24) is 30.2 Å². The summed E-state index contributed by atoms with van der Waals surface area (Å²) in [5, 5.41) is 11.0. The van der Waals surface area contributed by atoms with Crippen molar-refractivity contribution < 1.29 is 0 Å². The number of rotatable bonds is 2. The number of hydrogen-bond donors (Lipinski definition) is 1. The fourth-order valence-corrected chi connectivity index (χ4v) is 1.62.